The van der Waals surface area contributed by atoms with E-state index in [1.165, 1.54) is 6.92 Å². The van der Waals surface area contributed by atoms with E-state index >= 15 is 0 Å². The summed E-state index contributed by atoms with van der Waals surface area (Å²) >= 11 is 0. The van der Waals surface area contributed by atoms with Crippen LogP contribution in [0, 0.1) is 5.82 Å². The lowest BCUT2D eigenvalue weighted by molar-refractivity contribution is -0.0355. The number of hydrogen-bond donors (Lipinski definition) is 3. The van der Waals surface area contributed by atoms with E-state index in [2.05, 4.69) is 4.98 Å². The average molecular weight is 245 g/mol. The second-order valence-corrected chi connectivity index (χ2v) is 3.88. The molecule has 0 aliphatic carbocycles. The highest BCUT2D eigenvalue weighted by Crippen LogP contribution is 2.28. The number of halogens is 1. The predicted molar refractivity (Wildman–Crippen MR) is 54.5 cm³/mol. The molecule has 0 saturated carbocycles. The van der Waals surface area contributed by atoms with Crippen molar-refractivity contribution in [1.82, 2.24) is 9.55 Å². The van der Waals surface area contributed by atoms with Crippen LogP contribution in [0.5, 0.6) is 0 Å². The van der Waals surface area contributed by atoms with Crippen LogP contribution in [0.4, 0.5) is 10.2 Å². The standard InChI is InChI=1S/C9H12FN3O4/c1-3-5(14)6(15)8(17-3)13-2-4(10)7(11)12-9(13)16/h2-3,5-6,8,14-15H,1H3,(H2,11,12,16)/t3?,5-,6?,8-/m1/s1. The molecule has 0 bridgehead atoms. The average Bonchev–Trinajstić information content (AvgIpc) is 2.51. The summed E-state index contributed by atoms with van der Waals surface area (Å²) in [6.07, 6.45) is -3.51. The number of aliphatic hydroxyl groups is 2. The van der Waals surface area contributed by atoms with Gasteiger partial charge in [-0.15, -0.1) is 0 Å². The molecule has 7 nitrogen and oxygen atoms in total. The molecule has 2 heterocycles. The summed E-state index contributed by atoms with van der Waals surface area (Å²) in [5.41, 5.74) is 4.27. The van der Waals surface area contributed by atoms with Crippen LogP contribution in [0.15, 0.2) is 11.0 Å². The minimum absolute atomic E-state index is 0.521. The molecule has 1 aromatic rings. The van der Waals surface area contributed by atoms with E-state index in [0.717, 1.165) is 10.8 Å². The molecule has 94 valence electrons. The summed E-state index contributed by atoms with van der Waals surface area (Å²) in [5, 5.41) is 19.1. The highest BCUT2D eigenvalue weighted by molar-refractivity contribution is 5.26. The normalized spacial score (nSPS) is 32.9. The van der Waals surface area contributed by atoms with E-state index in [9.17, 15) is 19.4 Å². The first-order chi connectivity index (χ1) is 7.91. The SMILES string of the molecule is CC1O[C@@H](n2cc(F)c(N)nc2=O)C(O)[C@@H]1O. The maximum absolute atomic E-state index is 13.2. The predicted octanol–water partition coefficient (Wildman–Crippen LogP) is -1.40. The topological polar surface area (TPSA) is 111 Å². The van der Waals surface area contributed by atoms with Crippen LogP contribution < -0.4 is 11.4 Å². The van der Waals surface area contributed by atoms with Gasteiger partial charge in [-0.05, 0) is 6.92 Å². The second kappa shape index (κ2) is 4.06. The van der Waals surface area contributed by atoms with Crippen molar-refractivity contribution in [2.75, 3.05) is 5.73 Å². The first-order valence-corrected chi connectivity index (χ1v) is 4.97. The van der Waals surface area contributed by atoms with Gasteiger partial charge in [-0.1, -0.05) is 0 Å². The Bertz CT molecular complexity index is 492. The van der Waals surface area contributed by atoms with Crippen LogP contribution in [0.3, 0.4) is 0 Å². The molecule has 4 N–H and O–H groups in total. The first-order valence-electron chi connectivity index (χ1n) is 4.97. The Morgan fingerprint density at radius 1 is 1.53 bits per heavy atom. The Kier molecular flexibility index (Phi) is 2.86. The lowest BCUT2D eigenvalue weighted by Crippen LogP contribution is -2.35. The van der Waals surface area contributed by atoms with E-state index in [4.69, 9.17) is 10.5 Å². The van der Waals surface area contributed by atoms with Crippen LogP contribution in [0.1, 0.15) is 13.2 Å². The lowest BCUT2D eigenvalue weighted by Gasteiger charge is -2.17. The molecule has 1 aromatic heterocycles. The molecule has 1 saturated heterocycles. The Balaban J connectivity index is 2.42. The van der Waals surface area contributed by atoms with E-state index in [0.29, 0.717) is 0 Å². The van der Waals surface area contributed by atoms with Gasteiger partial charge in [0.2, 0.25) is 0 Å². The summed E-state index contributed by atoms with van der Waals surface area (Å²) in [6.45, 7) is 1.53. The summed E-state index contributed by atoms with van der Waals surface area (Å²) in [7, 11) is 0. The fourth-order valence-corrected chi connectivity index (χ4v) is 1.70. The largest absolute Gasteiger partial charge is 0.388 e. The fraction of sp³-hybridized carbons (Fsp3) is 0.556. The smallest absolute Gasteiger partial charge is 0.351 e. The molecule has 2 rings (SSSR count). The van der Waals surface area contributed by atoms with Crippen LogP contribution in [0.2, 0.25) is 0 Å². The van der Waals surface area contributed by atoms with Gasteiger partial charge in [-0.25, -0.2) is 9.18 Å². The van der Waals surface area contributed by atoms with Crippen LogP contribution in [-0.2, 0) is 4.74 Å². The highest BCUT2D eigenvalue weighted by atomic mass is 19.1. The molecular formula is C9H12FN3O4. The van der Waals surface area contributed by atoms with Crippen molar-refractivity contribution in [2.45, 2.75) is 31.5 Å². The quantitative estimate of drug-likeness (QED) is 0.561. The third-order valence-electron chi connectivity index (χ3n) is 2.69. The molecule has 8 heteroatoms. The van der Waals surface area contributed by atoms with Gasteiger partial charge < -0.3 is 20.7 Å². The van der Waals surface area contributed by atoms with Crippen molar-refractivity contribution in [2.24, 2.45) is 0 Å². The van der Waals surface area contributed by atoms with E-state index in [-0.39, 0.29) is 0 Å². The minimum Gasteiger partial charge on any atom is -0.388 e. The van der Waals surface area contributed by atoms with Gasteiger partial charge in [-0.3, -0.25) is 4.57 Å². The van der Waals surface area contributed by atoms with Crippen molar-refractivity contribution < 1.29 is 19.3 Å². The number of ether oxygens (including phenoxy) is 1. The number of aliphatic hydroxyl groups excluding tert-OH is 2. The molecule has 1 aliphatic rings. The van der Waals surface area contributed by atoms with Gasteiger partial charge in [0.25, 0.3) is 0 Å². The maximum atomic E-state index is 13.2. The maximum Gasteiger partial charge on any atom is 0.351 e. The number of nitrogens with zero attached hydrogens (tertiary/aromatic N) is 2. The number of nitrogen functional groups attached to an aromatic ring is 1. The molecular weight excluding hydrogens is 233 g/mol. The molecule has 1 fully saturated rings. The van der Waals surface area contributed by atoms with Gasteiger partial charge >= 0.3 is 5.69 Å². The van der Waals surface area contributed by atoms with Crippen molar-refractivity contribution >= 4 is 5.82 Å². The minimum atomic E-state index is -1.33. The molecule has 17 heavy (non-hydrogen) atoms. The molecule has 1 aliphatic heterocycles. The highest BCUT2D eigenvalue weighted by Gasteiger charge is 2.41. The molecule has 4 atom stereocenters. The molecule has 0 amide bonds. The van der Waals surface area contributed by atoms with Gasteiger partial charge in [0.05, 0.1) is 12.3 Å². The third kappa shape index (κ3) is 1.90. The molecule has 0 spiro atoms. The number of rotatable bonds is 1. The van der Waals surface area contributed by atoms with Crippen molar-refractivity contribution in [3.05, 3.63) is 22.5 Å². The molecule has 2 unspecified atom stereocenters. The van der Waals surface area contributed by atoms with Gasteiger partial charge in [0.15, 0.2) is 17.9 Å². The third-order valence-corrected chi connectivity index (χ3v) is 2.69. The van der Waals surface area contributed by atoms with Crippen molar-refractivity contribution in [3.63, 3.8) is 0 Å². The monoisotopic (exact) mass is 245 g/mol. The number of aromatic nitrogens is 2. The van der Waals surface area contributed by atoms with E-state index in [1.807, 2.05) is 0 Å². The van der Waals surface area contributed by atoms with Crippen LogP contribution >= 0.6 is 0 Å². The lowest BCUT2D eigenvalue weighted by atomic mass is 10.1. The second-order valence-electron chi connectivity index (χ2n) is 3.88. The molecule has 0 radical (unpaired) electrons. The Hall–Kier alpha value is -1.51. The van der Waals surface area contributed by atoms with Crippen LogP contribution in [-0.4, -0.2) is 38.1 Å². The number of anilines is 1. The Morgan fingerprint density at radius 3 is 2.71 bits per heavy atom. The Morgan fingerprint density at radius 2 is 2.18 bits per heavy atom. The van der Waals surface area contributed by atoms with Crippen molar-refractivity contribution in [1.29, 1.82) is 0 Å². The van der Waals surface area contributed by atoms with Gasteiger partial charge in [0.1, 0.15) is 12.2 Å². The summed E-state index contributed by atoms with van der Waals surface area (Å²) in [6, 6.07) is 0. The van der Waals surface area contributed by atoms with E-state index < -0.39 is 41.9 Å². The Labute approximate surface area is 95.3 Å². The first kappa shape index (κ1) is 12.0. The zero-order valence-corrected chi connectivity index (χ0v) is 8.95. The van der Waals surface area contributed by atoms with Crippen LogP contribution in [0.25, 0.3) is 0 Å². The fourth-order valence-electron chi connectivity index (χ4n) is 1.70. The summed E-state index contributed by atoms with van der Waals surface area (Å²) in [4.78, 5) is 14.7. The van der Waals surface area contributed by atoms with Gasteiger partial charge in [-0.2, -0.15) is 4.98 Å². The number of hydrogen-bond acceptors (Lipinski definition) is 6. The van der Waals surface area contributed by atoms with Crippen molar-refractivity contribution in [3.8, 4) is 0 Å². The number of nitrogens with two attached hydrogens (primary N) is 1. The zero-order chi connectivity index (χ0) is 12.7. The van der Waals surface area contributed by atoms with Gasteiger partial charge in [0, 0.05) is 0 Å². The molecule has 0 aromatic carbocycles. The zero-order valence-electron chi connectivity index (χ0n) is 8.95. The summed E-state index contributed by atoms with van der Waals surface area (Å²) in [5.74, 6) is -1.42. The summed E-state index contributed by atoms with van der Waals surface area (Å²) < 4.78 is 19.1. The van der Waals surface area contributed by atoms with E-state index in [1.54, 1.807) is 0 Å².